The van der Waals surface area contributed by atoms with Crippen molar-refractivity contribution in [2.75, 3.05) is 12.4 Å². The Labute approximate surface area is 217 Å². The van der Waals surface area contributed by atoms with E-state index >= 15 is 0 Å². The molecule has 190 valence electrons. The van der Waals surface area contributed by atoms with Crippen LogP contribution in [0.3, 0.4) is 0 Å². The molecule has 0 bridgehead atoms. The number of nitrogens with one attached hydrogen (secondary N) is 2. The Hall–Kier alpha value is -3.67. The van der Waals surface area contributed by atoms with Crippen LogP contribution in [-0.2, 0) is 11.3 Å². The fraction of sp³-hybridized carbons (Fsp3) is 0.360. The van der Waals surface area contributed by atoms with Crippen LogP contribution in [-0.4, -0.2) is 64.9 Å². The predicted molar refractivity (Wildman–Crippen MR) is 136 cm³/mol. The smallest absolute Gasteiger partial charge is 0.229 e. The highest BCUT2D eigenvalue weighted by atomic mass is 35.5. The lowest BCUT2D eigenvalue weighted by molar-refractivity contribution is -0.132. The number of aromatic nitrogens is 6. The molecular formula is C25H25ClN8O3. The summed E-state index contributed by atoms with van der Waals surface area (Å²) in [5, 5.41) is 28.2. The van der Waals surface area contributed by atoms with Crippen LogP contribution in [0.25, 0.3) is 22.6 Å². The van der Waals surface area contributed by atoms with E-state index in [9.17, 15) is 15.0 Å². The molecule has 1 unspecified atom stereocenters. The van der Waals surface area contributed by atoms with E-state index in [1.165, 1.54) is 13.2 Å². The van der Waals surface area contributed by atoms with Crippen molar-refractivity contribution >= 4 is 34.5 Å². The summed E-state index contributed by atoms with van der Waals surface area (Å²) in [6, 6.07) is 5.04. The summed E-state index contributed by atoms with van der Waals surface area (Å²) in [4.78, 5) is 35.2. The zero-order chi connectivity index (χ0) is 25.9. The Kier molecular flexibility index (Phi) is 5.59. The summed E-state index contributed by atoms with van der Waals surface area (Å²) in [6.45, 7) is 2.40. The summed E-state index contributed by atoms with van der Waals surface area (Å²) in [5.41, 5.74) is 2.47. The van der Waals surface area contributed by atoms with Gasteiger partial charge in [0.1, 0.15) is 11.6 Å². The number of carbonyl (C=O) groups excluding carboxylic acids is 1. The molecule has 0 spiro atoms. The third kappa shape index (κ3) is 3.73. The van der Waals surface area contributed by atoms with Crippen molar-refractivity contribution < 1.29 is 15.0 Å². The summed E-state index contributed by atoms with van der Waals surface area (Å²) >= 11 is 6.18. The van der Waals surface area contributed by atoms with E-state index in [2.05, 4.69) is 25.6 Å². The second-order valence-electron chi connectivity index (χ2n) is 9.65. The van der Waals surface area contributed by atoms with Crippen molar-refractivity contribution in [3.8, 4) is 11.4 Å². The van der Waals surface area contributed by atoms with Crippen molar-refractivity contribution in [1.82, 2.24) is 34.8 Å². The summed E-state index contributed by atoms with van der Waals surface area (Å²) < 4.78 is 1.74. The van der Waals surface area contributed by atoms with Crippen LogP contribution in [0.5, 0.6) is 0 Å². The standard InChI is InChI=1S/C25H25ClN8O3/c1-12-3-4-29-15(5-12)10-30-22-17-23(33-21(32-22)13-6-14(26)9-28-8-13)34(11-31-17)18-16-7-25(16,24(37)27-2)20(36)19(18)35/h3-6,8-9,11,16,18-20,35-36H,7,10H2,1-2H3,(H,27,37)(H,30,32,33)/t16-,18?,19+,20+,25-/m1/s1. The van der Waals surface area contributed by atoms with Gasteiger partial charge in [0.05, 0.1) is 41.1 Å². The van der Waals surface area contributed by atoms with Gasteiger partial charge < -0.3 is 25.4 Å². The monoisotopic (exact) mass is 520 g/mol. The number of carbonyl (C=O) groups is 1. The van der Waals surface area contributed by atoms with E-state index in [-0.39, 0.29) is 11.8 Å². The topological polar surface area (TPSA) is 151 Å². The molecule has 4 heterocycles. The number of anilines is 1. The lowest BCUT2D eigenvalue weighted by Gasteiger charge is -2.23. The summed E-state index contributed by atoms with van der Waals surface area (Å²) in [7, 11) is 1.53. The maximum absolute atomic E-state index is 12.6. The Morgan fingerprint density at radius 2 is 2.08 bits per heavy atom. The molecule has 37 heavy (non-hydrogen) atoms. The normalized spacial score (nSPS) is 26.2. The minimum atomic E-state index is -1.19. The van der Waals surface area contributed by atoms with Gasteiger partial charge in [-0.2, -0.15) is 0 Å². The highest BCUT2D eigenvalue weighted by Gasteiger charge is 2.75. The Morgan fingerprint density at radius 3 is 2.84 bits per heavy atom. The number of nitrogens with zero attached hydrogens (tertiary/aromatic N) is 6. The molecule has 0 saturated heterocycles. The molecule has 2 aliphatic rings. The first-order valence-electron chi connectivity index (χ1n) is 11.9. The maximum Gasteiger partial charge on any atom is 0.229 e. The van der Waals surface area contributed by atoms with Crippen molar-refractivity contribution in [1.29, 1.82) is 0 Å². The van der Waals surface area contributed by atoms with Crippen LogP contribution >= 0.6 is 11.6 Å². The zero-order valence-corrected chi connectivity index (χ0v) is 20.9. The highest BCUT2D eigenvalue weighted by Crippen LogP contribution is 2.67. The minimum Gasteiger partial charge on any atom is -0.389 e. The van der Waals surface area contributed by atoms with E-state index < -0.39 is 23.7 Å². The van der Waals surface area contributed by atoms with Crippen LogP contribution < -0.4 is 10.6 Å². The number of fused-ring (bicyclic) bond motifs is 2. The molecule has 5 atom stereocenters. The number of aliphatic hydroxyl groups excluding tert-OH is 2. The van der Waals surface area contributed by atoms with Gasteiger partial charge in [-0.25, -0.2) is 15.0 Å². The number of hydrogen-bond acceptors (Lipinski definition) is 9. The van der Waals surface area contributed by atoms with Gasteiger partial charge in [-0.3, -0.25) is 14.8 Å². The van der Waals surface area contributed by atoms with Crippen LogP contribution in [0.4, 0.5) is 5.82 Å². The molecule has 4 aromatic heterocycles. The van der Waals surface area contributed by atoms with Gasteiger partial charge in [-0.15, -0.1) is 0 Å². The second-order valence-corrected chi connectivity index (χ2v) is 10.1. The average molecular weight is 521 g/mol. The molecule has 11 nitrogen and oxygen atoms in total. The molecule has 4 aromatic rings. The van der Waals surface area contributed by atoms with Gasteiger partial charge in [-0.1, -0.05) is 11.6 Å². The van der Waals surface area contributed by atoms with Gasteiger partial charge in [0.2, 0.25) is 5.91 Å². The van der Waals surface area contributed by atoms with Crippen LogP contribution in [0.2, 0.25) is 5.02 Å². The molecular weight excluding hydrogens is 496 g/mol. The van der Waals surface area contributed by atoms with E-state index in [4.69, 9.17) is 21.6 Å². The third-order valence-electron chi connectivity index (χ3n) is 7.44. The third-order valence-corrected chi connectivity index (χ3v) is 7.64. The molecule has 2 saturated carbocycles. The van der Waals surface area contributed by atoms with Gasteiger partial charge in [0.25, 0.3) is 0 Å². The fourth-order valence-corrected chi connectivity index (χ4v) is 5.75. The molecule has 2 aliphatic carbocycles. The Morgan fingerprint density at radius 1 is 1.24 bits per heavy atom. The molecule has 1 amide bonds. The number of halogens is 1. The highest BCUT2D eigenvalue weighted by molar-refractivity contribution is 6.30. The van der Waals surface area contributed by atoms with Gasteiger partial charge >= 0.3 is 0 Å². The Bertz CT molecular complexity index is 1530. The first-order chi connectivity index (χ1) is 17.8. The quantitative estimate of drug-likeness (QED) is 0.298. The maximum atomic E-state index is 12.6. The van der Waals surface area contributed by atoms with Crippen molar-refractivity contribution in [2.45, 2.75) is 38.1 Å². The zero-order valence-electron chi connectivity index (χ0n) is 20.1. The molecule has 2 fully saturated rings. The van der Waals surface area contributed by atoms with Crippen molar-refractivity contribution in [2.24, 2.45) is 11.3 Å². The minimum absolute atomic E-state index is 0.256. The first kappa shape index (κ1) is 23.7. The number of rotatable bonds is 6. The van der Waals surface area contributed by atoms with Crippen LogP contribution in [0.1, 0.15) is 23.7 Å². The predicted octanol–water partition coefficient (Wildman–Crippen LogP) is 1.89. The van der Waals surface area contributed by atoms with Crippen LogP contribution in [0, 0.1) is 18.3 Å². The number of aryl methyl sites for hydroxylation is 1. The van der Waals surface area contributed by atoms with Gasteiger partial charge in [-0.05, 0) is 37.1 Å². The summed E-state index contributed by atoms with van der Waals surface area (Å²) in [5.74, 6) is 0.312. The number of aliphatic hydroxyl groups is 2. The van der Waals surface area contributed by atoms with Gasteiger partial charge in [0.15, 0.2) is 17.3 Å². The van der Waals surface area contributed by atoms with E-state index in [1.807, 2.05) is 19.1 Å². The number of hydrogen-bond donors (Lipinski definition) is 4. The molecule has 4 N–H and O–H groups in total. The number of pyridine rings is 2. The van der Waals surface area contributed by atoms with Gasteiger partial charge in [0, 0.05) is 37.1 Å². The van der Waals surface area contributed by atoms with Crippen molar-refractivity contribution in [3.05, 3.63) is 59.4 Å². The Balaban J connectivity index is 1.45. The van der Waals surface area contributed by atoms with E-state index in [0.717, 1.165) is 11.3 Å². The molecule has 0 aliphatic heterocycles. The summed E-state index contributed by atoms with van der Waals surface area (Å²) in [6.07, 6.45) is 4.59. The van der Waals surface area contributed by atoms with E-state index in [1.54, 1.807) is 29.4 Å². The van der Waals surface area contributed by atoms with Crippen molar-refractivity contribution in [3.63, 3.8) is 0 Å². The van der Waals surface area contributed by atoms with Crippen LogP contribution in [0.15, 0.2) is 43.1 Å². The lowest BCUT2D eigenvalue weighted by Crippen LogP contribution is -2.41. The average Bonchev–Trinajstić information content (AvgIpc) is 3.43. The lowest BCUT2D eigenvalue weighted by atomic mass is 9.98. The molecule has 0 radical (unpaired) electrons. The number of imidazole rings is 1. The SMILES string of the molecule is CNC(=O)[C@]12C[C@@H]1C(n1cnc3c(NCc4cc(C)ccn4)nc(-c4cncc(Cl)c4)nc31)[C@H](O)[C@@H]2O. The fourth-order valence-electron chi connectivity index (χ4n) is 5.58. The number of amides is 1. The molecule has 12 heteroatoms. The first-order valence-corrected chi connectivity index (χ1v) is 12.3. The molecule has 0 aromatic carbocycles. The second kappa shape index (κ2) is 8.72. The largest absolute Gasteiger partial charge is 0.389 e. The van der Waals surface area contributed by atoms with E-state index in [0.29, 0.717) is 46.4 Å². The molecule has 6 rings (SSSR count).